The summed E-state index contributed by atoms with van der Waals surface area (Å²) in [5.41, 5.74) is 0.754. The summed E-state index contributed by atoms with van der Waals surface area (Å²) in [5.74, 6) is -1.15. The zero-order chi connectivity index (χ0) is 16.6. The summed E-state index contributed by atoms with van der Waals surface area (Å²) in [5, 5.41) is 9.83. The van der Waals surface area contributed by atoms with Crippen molar-refractivity contribution in [1.82, 2.24) is 19.9 Å². The molecule has 122 valence electrons. The Kier molecular flexibility index (Phi) is 3.89. The number of fused-ring (bicyclic) bond motifs is 1. The van der Waals surface area contributed by atoms with Gasteiger partial charge in [0.15, 0.2) is 0 Å². The first kappa shape index (κ1) is 15.3. The average Bonchev–Trinajstić information content (AvgIpc) is 3.02. The van der Waals surface area contributed by atoms with Gasteiger partial charge < -0.3 is 19.9 Å². The number of carboxylic acids is 1. The number of carbonyl (C=O) groups excluding carboxylic acids is 1. The Morgan fingerprint density at radius 2 is 2.22 bits per heavy atom. The minimum absolute atomic E-state index is 0.0000463. The molecule has 2 unspecified atom stereocenters. The second-order valence-electron chi connectivity index (χ2n) is 5.94. The van der Waals surface area contributed by atoms with Crippen molar-refractivity contribution in [2.45, 2.75) is 19.4 Å². The Labute approximate surface area is 133 Å². The van der Waals surface area contributed by atoms with Crippen LogP contribution in [0.4, 0.5) is 5.82 Å². The Morgan fingerprint density at radius 3 is 2.96 bits per heavy atom. The molecular weight excluding hydrogens is 298 g/mol. The van der Waals surface area contributed by atoms with Crippen molar-refractivity contribution in [3.63, 3.8) is 0 Å². The van der Waals surface area contributed by atoms with Gasteiger partial charge in [-0.15, -0.1) is 0 Å². The molecule has 0 radical (unpaired) electrons. The SMILES string of the molecule is CC1CCN(C(=O)C(=O)O)CC1N(C)c1ncnc2[nH]ccc12. The number of carbonyl (C=O) groups is 2. The summed E-state index contributed by atoms with van der Waals surface area (Å²) in [6, 6.07) is 1.91. The third kappa shape index (κ3) is 2.71. The van der Waals surface area contributed by atoms with Crippen molar-refractivity contribution in [2.75, 3.05) is 25.0 Å². The number of piperidine rings is 1. The number of H-pyrrole nitrogens is 1. The van der Waals surface area contributed by atoms with Crippen LogP contribution < -0.4 is 4.90 Å². The topological polar surface area (TPSA) is 102 Å². The van der Waals surface area contributed by atoms with Crippen molar-refractivity contribution >= 4 is 28.7 Å². The summed E-state index contributed by atoms with van der Waals surface area (Å²) < 4.78 is 0. The van der Waals surface area contributed by atoms with Gasteiger partial charge in [0.1, 0.15) is 17.8 Å². The largest absolute Gasteiger partial charge is 0.474 e. The number of aromatic amines is 1. The number of nitrogens with one attached hydrogen (secondary N) is 1. The van der Waals surface area contributed by atoms with Gasteiger partial charge in [0, 0.05) is 26.3 Å². The summed E-state index contributed by atoms with van der Waals surface area (Å²) in [6.07, 6.45) is 4.06. The monoisotopic (exact) mass is 317 g/mol. The number of anilines is 1. The maximum Gasteiger partial charge on any atom is 0.394 e. The second kappa shape index (κ2) is 5.86. The van der Waals surface area contributed by atoms with Crippen LogP contribution in [0.5, 0.6) is 0 Å². The van der Waals surface area contributed by atoms with Gasteiger partial charge in [-0.25, -0.2) is 14.8 Å². The Morgan fingerprint density at radius 1 is 1.43 bits per heavy atom. The molecule has 2 N–H and O–H groups in total. The lowest BCUT2D eigenvalue weighted by Gasteiger charge is -2.41. The third-order valence-corrected chi connectivity index (χ3v) is 4.55. The van der Waals surface area contributed by atoms with E-state index in [2.05, 4.69) is 21.9 Å². The van der Waals surface area contributed by atoms with Crippen LogP contribution in [0.2, 0.25) is 0 Å². The molecule has 0 bridgehead atoms. The lowest BCUT2D eigenvalue weighted by atomic mass is 9.92. The van der Waals surface area contributed by atoms with Crippen molar-refractivity contribution in [3.05, 3.63) is 18.6 Å². The number of likely N-dealkylation sites (tertiary alicyclic amines) is 1. The first-order chi connectivity index (χ1) is 11.0. The fourth-order valence-electron chi connectivity index (χ4n) is 3.17. The van der Waals surface area contributed by atoms with E-state index in [0.29, 0.717) is 19.0 Å². The molecule has 2 atom stereocenters. The molecule has 2 aromatic rings. The van der Waals surface area contributed by atoms with Gasteiger partial charge in [-0.1, -0.05) is 6.92 Å². The highest BCUT2D eigenvalue weighted by Gasteiger charge is 2.34. The van der Waals surface area contributed by atoms with Crippen LogP contribution in [0.3, 0.4) is 0 Å². The fraction of sp³-hybridized carbons (Fsp3) is 0.467. The van der Waals surface area contributed by atoms with E-state index in [1.807, 2.05) is 18.0 Å². The van der Waals surface area contributed by atoms with Gasteiger partial charge in [-0.05, 0) is 18.4 Å². The maximum atomic E-state index is 11.8. The summed E-state index contributed by atoms with van der Waals surface area (Å²) in [7, 11) is 1.92. The highest BCUT2D eigenvalue weighted by atomic mass is 16.4. The Bertz CT molecular complexity index is 744. The molecule has 1 fully saturated rings. The van der Waals surface area contributed by atoms with Gasteiger partial charge in [0.05, 0.1) is 11.4 Å². The molecule has 23 heavy (non-hydrogen) atoms. The summed E-state index contributed by atoms with van der Waals surface area (Å²) in [4.78, 5) is 37.7. The number of nitrogens with zero attached hydrogens (tertiary/aromatic N) is 4. The molecule has 0 aromatic carbocycles. The average molecular weight is 317 g/mol. The highest BCUT2D eigenvalue weighted by Crippen LogP contribution is 2.28. The smallest absolute Gasteiger partial charge is 0.394 e. The minimum atomic E-state index is -1.41. The quantitative estimate of drug-likeness (QED) is 0.791. The molecule has 0 spiro atoms. The van der Waals surface area contributed by atoms with Crippen LogP contribution in [0, 0.1) is 5.92 Å². The van der Waals surface area contributed by atoms with E-state index < -0.39 is 11.9 Å². The van der Waals surface area contributed by atoms with Crippen LogP contribution >= 0.6 is 0 Å². The molecule has 3 rings (SSSR count). The molecular formula is C15H19N5O3. The van der Waals surface area contributed by atoms with E-state index >= 15 is 0 Å². The zero-order valence-corrected chi connectivity index (χ0v) is 13.1. The lowest BCUT2D eigenvalue weighted by molar-refractivity contribution is -0.156. The molecule has 2 aromatic heterocycles. The predicted molar refractivity (Wildman–Crippen MR) is 84.1 cm³/mol. The predicted octanol–water partition coefficient (Wildman–Crippen LogP) is 0.716. The van der Waals surface area contributed by atoms with Crippen LogP contribution in [-0.2, 0) is 9.59 Å². The van der Waals surface area contributed by atoms with E-state index in [4.69, 9.17) is 5.11 Å². The number of carboxylic acid groups (broad SMARTS) is 1. The lowest BCUT2D eigenvalue weighted by Crippen LogP contribution is -2.54. The second-order valence-corrected chi connectivity index (χ2v) is 5.94. The van der Waals surface area contributed by atoms with E-state index in [9.17, 15) is 9.59 Å². The minimum Gasteiger partial charge on any atom is -0.474 e. The van der Waals surface area contributed by atoms with Crippen molar-refractivity contribution in [1.29, 1.82) is 0 Å². The molecule has 0 aliphatic carbocycles. The van der Waals surface area contributed by atoms with Crippen molar-refractivity contribution in [3.8, 4) is 0 Å². The number of hydrogen-bond acceptors (Lipinski definition) is 5. The molecule has 1 aliphatic heterocycles. The normalized spacial score (nSPS) is 21.4. The maximum absolute atomic E-state index is 11.8. The van der Waals surface area contributed by atoms with Crippen molar-refractivity contribution in [2.24, 2.45) is 5.92 Å². The highest BCUT2D eigenvalue weighted by molar-refractivity contribution is 6.31. The van der Waals surface area contributed by atoms with Gasteiger partial charge in [-0.3, -0.25) is 4.79 Å². The van der Waals surface area contributed by atoms with Crippen molar-refractivity contribution < 1.29 is 14.7 Å². The molecule has 0 saturated carbocycles. The Balaban J connectivity index is 1.88. The van der Waals surface area contributed by atoms with Gasteiger partial charge in [0.25, 0.3) is 0 Å². The fourth-order valence-corrected chi connectivity index (χ4v) is 3.17. The standard InChI is InChI=1S/C15H19N5O3/c1-9-4-6-20(14(21)15(22)23)7-11(9)19(2)13-10-3-5-16-12(10)17-8-18-13/h3,5,8-9,11H,4,6-7H2,1-2H3,(H,22,23)(H,16,17,18). The van der Waals surface area contributed by atoms with Crippen LogP contribution in [0.15, 0.2) is 18.6 Å². The van der Waals surface area contributed by atoms with E-state index in [0.717, 1.165) is 23.3 Å². The molecule has 1 aliphatic rings. The van der Waals surface area contributed by atoms with E-state index in [1.54, 1.807) is 6.20 Å². The number of aromatic nitrogens is 3. The van der Waals surface area contributed by atoms with Crippen LogP contribution in [0.1, 0.15) is 13.3 Å². The van der Waals surface area contributed by atoms with Gasteiger partial charge in [-0.2, -0.15) is 0 Å². The number of likely N-dealkylation sites (N-methyl/N-ethyl adjacent to an activating group) is 1. The molecule has 8 nitrogen and oxygen atoms in total. The third-order valence-electron chi connectivity index (χ3n) is 4.55. The molecule has 1 saturated heterocycles. The number of rotatable bonds is 2. The summed E-state index contributed by atoms with van der Waals surface area (Å²) >= 11 is 0. The summed E-state index contributed by atoms with van der Waals surface area (Å²) in [6.45, 7) is 2.96. The van der Waals surface area contributed by atoms with Gasteiger partial charge >= 0.3 is 11.9 Å². The van der Waals surface area contributed by atoms with E-state index in [-0.39, 0.29) is 6.04 Å². The molecule has 8 heteroatoms. The number of hydrogen-bond donors (Lipinski definition) is 2. The van der Waals surface area contributed by atoms with E-state index in [1.165, 1.54) is 11.2 Å². The first-order valence-corrected chi connectivity index (χ1v) is 7.52. The molecule has 3 heterocycles. The van der Waals surface area contributed by atoms with Crippen LogP contribution in [0.25, 0.3) is 11.0 Å². The number of amides is 1. The first-order valence-electron chi connectivity index (χ1n) is 7.52. The van der Waals surface area contributed by atoms with Gasteiger partial charge in [0.2, 0.25) is 0 Å². The Hall–Kier alpha value is -2.64. The van der Waals surface area contributed by atoms with Crippen LogP contribution in [-0.4, -0.2) is 63.0 Å². The number of aliphatic carboxylic acids is 1. The zero-order valence-electron chi connectivity index (χ0n) is 13.1. The molecule has 1 amide bonds.